The molecule has 6 nitrogen and oxygen atoms in total. The highest BCUT2D eigenvalue weighted by Gasteiger charge is 2.19. The smallest absolute Gasteiger partial charge is 0.306 e. The number of unbranched alkanes of at least 4 members (excludes halogenated alkanes) is 22. The first-order chi connectivity index (χ1) is 36.0. The summed E-state index contributed by atoms with van der Waals surface area (Å²) in [6, 6.07) is 0. The molecule has 0 saturated heterocycles. The van der Waals surface area contributed by atoms with Crippen LogP contribution in [0.3, 0.4) is 0 Å². The van der Waals surface area contributed by atoms with Gasteiger partial charge in [-0.25, -0.2) is 0 Å². The van der Waals surface area contributed by atoms with Gasteiger partial charge in [0.15, 0.2) is 6.10 Å². The second-order valence-corrected chi connectivity index (χ2v) is 19.5. The fourth-order valence-electron chi connectivity index (χ4n) is 7.98. The van der Waals surface area contributed by atoms with E-state index in [1.54, 1.807) is 0 Å². The lowest BCUT2D eigenvalue weighted by Gasteiger charge is -2.18. The molecule has 414 valence electrons. The molecule has 0 aromatic heterocycles. The van der Waals surface area contributed by atoms with E-state index in [4.69, 9.17) is 14.2 Å². The molecular weight excluding hydrogens is 901 g/mol. The Morgan fingerprint density at radius 1 is 0.288 bits per heavy atom. The predicted octanol–water partition coefficient (Wildman–Crippen LogP) is 20.4. The normalized spacial score (nSPS) is 13.0. The fourth-order valence-corrected chi connectivity index (χ4v) is 7.98. The van der Waals surface area contributed by atoms with Gasteiger partial charge in [-0.1, -0.05) is 264 Å². The molecule has 6 heteroatoms. The first-order valence-electron chi connectivity index (χ1n) is 30.0. The predicted molar refractivity (Wildman–Crippen MR) is 316 cm³/mol. The summed E-state index contributed by atoms with van der Waals surface area (Å²) < 4.78 is 16.8. The number of carbonyl (C=O) groups is 3. The number of hydrogen-bond acceptors (Lipinski definition) is 6. The van der Waals surface area contributed by atoms with E-state index in [0.717, 1.165) is 96.3 Å². The topological polar surface area (TPSA) is 78.9 Å². The van der Waals surface area contributed by atoms with Crippen molar-refractivity contribution in [1.29, 1.82) is 0 Å². The van der Waals surface area contributed by atoms with Crippen LogP contribution in [0.4, 0.5) is 0 Å². The van der Waals surface area contributed by atoms with Crippen LogP contribution < -0.4 is 0 Å². The zero-order valence-corrected chi connectivity index (χ0v) is 47.4. The maximum absolute atomic E-state index is 12.9. The van der Waals surface area contributed by atoms with Gasteiger partial charge in [0.25, 0.3) is 0 Å². The van der Waals surface area contributed by atoms with Gasteiger partial charge in [-0.15, -0.1) is 0 Å². The van der Waals surface area contributed by atoms with Gasteiger partial charge in [-0.3, -0.25) is 14.4 Å². The van der Waals surface area contributed by atoms with Crippen molar-refractivity contribution in [2.75, 3.05) is 13.2 Å². The second kappa shape index (κ2) is 60.4. The molecule has 0 rings (SSSR count). The van der Waals surface area contributed by atoms with Crippen LogP contribution in [0, 0.1) is 0 Å². The minimum atomic E-state index is -0.828. The lowest BCUT2D eigenvalue weighted by molar-refractivity contribution is -0.166. The van der Waals surface area contributed by atoms with E-state index in [9.17, 15) is 14.4 Å². The summed E-state index contributed by atoms with van der Waals surface area (Å²) in [5.74, 6) is -1.03. The van der Waals surface area contributed by atoms with Crippen molar-refractivity contribution in [2.45, 2.75) is 271 Å². The molecule has 0 aromatic rings. The van der Waals surface area contributed by atoms with Crippen molar-refractivity contribution in [3.05, 3.63) is 122 Å². The van der Waals surface area contributed by atoms with Gasteiger partial charge in [0.2, 0.25) is 0 Å². The molecule has 0 aliphatic carbocycles. The van der Waals surface area contributed by atoms with E-state index in [2.05, 4.69) is 136 Å². The molecule has 0 unspecified atom stereocenters. The maximum atomic E-state index is 12.9. The van der Waals surface area contributed by atoms with E-state index < -0.39 is 6.10 Å². The Labute approximate surface area is 450 Å². The second-order valence-electron chi connectivity index (χ2n) is 19.5. The van der Waals surface area contributed by atoms with E-state index in [-0.39, 0.29) is 44.0 Å². The maximum Gasteiger partial charge on any atom is 0.306 e. The Hall–Kier alpha value is -4.19. The summed E-state index contributed by atoms with van der Waals surface area (Å²) in [5, 5.41) is 0. The third-order valence-electron chi connectivity index (χ3n) is 12.5. The molecule has 0 aliphatic rings. The van der Waals surface area contributed by atoms with Gasteiger partial charge in [0.05, 0.1) is 0 Å². The van der Waals surface area contributed by atoms with Crippen LogP contribution in [-0.2, 0) is 28.6 Å². The van der Waals surface area contributed by atoms with Gasteiger partial charge < -0.3 is 14.2 Å². The molecule has 0 heterocycles. The summed E-state index contributed by atoms with van der Waals surface area (Å²) >= 11 is 0. The van der Waals surface area contributed by atoms with Gasteiger partial charge in [-0.05, 0) is 103 Å². The van der Waals surface area contributed by atoms with Crippen LogP contribution in [-0.4, -0.2) is 37.2 Å². The van der Waals surface area contributed by atoms with Crippen molar-refractivity contribution in [3.8, 4) is 0 Å². The number of rotatable bonds is 53. The Bertz CT molecular complexity index is 1540. The minimum absolute atomic E-state index is 0.115. The number of carbonyl (C=O) groups excluding carboxylic acids is 3. The van der Waals surface area contributed by atoms with Crippen LogP contribution in [0.25, 0.3) is 0 Å². The quantitative estimate of drug-likeness (QED) is 0.0261. The first kappa shape index (κ1) is 68.8. The van der Waals surface area contributed by atoms with E-state index in [0.29, 0.717) is 19.3 Å². The third-order valence-corrected chi connectivity index (χ3v) is 12.5. The molecule has 0 aliphatic heterocycles. The SMILES string of the molecule is CC/C=C\C/C=C\C/C=C\C/C=C\C/C=C\C/C=C\CCC(=O)OC[C@H](COC(=O)CCCCCCCCCCCCCCCCCCC)OC(=O)CCCCC/C=C\C/C=C\C/C=C\C/C=C\CCCCC. The molecular formula is C67H110O6. The molecule has 0 amide bonds. The Morgan fingerprint density at radius 3 is 0.945 bits per heavy atom. The monoisotopic (exact) mass is 1010 g/mol. The van der Waals surface area contributed by atoms with Crippen molar-refractivity contribution in [2.24, 2.45) is 0 Å². The van der Waals surface area contributed by atoms with Gasteiger partial charge >= 0.3 is 17.9 Å². The summed E-state index contributed by atoms with van der Waals surface area (Å²) in [4.78, 5) is 38.2. The summed E-state index contributed by atoms with van der Waals surface area (Å²) in [7, 11) is 0. The third kappa shape index (κ3) is 58.6. The molecule has 0 fully saturated rings. The van der Waals surface area contributed by atoms with Crippen LogP contribution in [0.1, 0.15) is 265 Å². The van der Waals surface area contributed by atoms with Gasteiger partial charge in [0.1, 0.15) is 13.2 Å². The van der Waals surface area contributed by atoms with Crippen LogP contribution in [0.2, 0.25) is 0 Å². The molecule has 0 bridgehead atoms. The van der Waals surface area contributed by atoms with Gasteiger partial charge in [-0.2, -0.15) is 0 Å². The molecule has 0 N–H and O–H groups in total. The number of allylic oxidation sites excluding steroid dienone is 20. The van der Waals surface area contributed by atoms with E-state index in [1.165, 1.54) is 116 Å². The summed E-state index contributed by atoms with van der Waals surface area (Å²) in [6.45, 7) is 6.42. The average Bonchev–Trinajstić information content (AvgIpc) is 3.39. The molecule has 0 saturated carbocycles. The van der Waals surface area contributed by atoms with E-state index in [1.807, 2.05) is 6.08 Å². The van der Waals surface area contributed by atoms with Gasteiger partial charge in [0, 0.05) is 19.3 Å². The Balaban J connectivity index is 4.56. The van der Waals surface area contributed by atoms with Crippen molar-refractivity contribution < 1.29 is 28.6 Å². The standard InChI is InChI=1S/C67H110O6/c1-4-7-10-13-16-19-22-25-28-31-33-36-39-42-45-48-51-54-57-60-66(69)72-63-64(62-71-65(68)59-56-53-50-47-44-41-38-35-30-27-24-21-18-15-12-9-6-3)73-67(70)61-58-55-52-49-46-43-40-37-34-32-29-26-23-20-17-14-11-8-5-2/h7,10,16-17,19-20,25-26,28-29,33-34,36-37,42-43,45-46,51,54,64H,4-6,8-9,11-15,18,21-24,27,30-32,35,38-41,44,47-50,52-53,55-63H2,1-3H3/b10-7-,19-16-,20-17-,28-25-,29-26-,36-33-,37-34-,45-42-,46-43-,54-51-/t64-/m0/s1. The molecule has 0 radical (unpaired) electrons. The highest BCUT2D eigenvalue weighted by molar-refractivity contribution is 5.71. The number of ether oxygens (including phenoxy) is 3. The molecule has 73 heavy (non-hydrogen) atoms. The lowest BCUT2D eigenvalue weighted by atomic mass is 10.0. The van der Waals surface area contributed by atoms with E-state index >= 15 is 0 Å². The summed E-state index contributed by atoms with van der Waals surface area (Å²) in [5.41, 5.74) is 0. The minimum Gasteiger partial charge on any atom is -0.462 e. The largest absolute Gasteiger partial charge is 0.462 e. The Kier molecular flexibility index (Phi) is 56.9. The zero-order chi connectivity index (χ0) is 52.9. The van der Waals surface area contributed by atoms with Crippen LogP contribution in [0.15, 0.2) is 122 Å². The zero-order valence-electron chi connectivity index (χ0n) is 47.4. The highest BCUT2D eigenvalue weighted by Crippen LogP contribution is 2.15. The fraction of sp³-hybridized carbons (Fsp3) is 0.657. The van der Waals surface area contributed by atoms with Crippen LogP contribution in [0.5, 0.6) is 0 Å². The molecule has 1 atom stereocenters. The Morgan fingerprint density at radius 2 is 0.562 bits per heavy atom. The highest BCUT2D eigenvalue weighted by atomic mass is 16.6. The van der Waals surface area contributed by atoms with Crippen molar-refractivity contribution >= 4 is 17.9 Å². The van der Waals surface area contributed by atoms with Crippen molar-refractivity contribution in [3.63, 3.8) is 0 Å². The molecule has 0 aromatic carbocycles. The lowest BCUT2D eigenvalue weighted by Crippen LogP contribution is -2.30. The average molecular weight is 1010 g/mol. The number of esters is 3. The molecule has 0 spiro atoms. The van der Waals surface area contributed by atoms with Crippen LogP contribution >= 0.6 is 0 Å². The number of hydrogen-bond donors (Lipinski definition) is 0. The van der Waals surface area contributed by atoms with Crippen molar-refractivity contribution in [1.82, 2.24) is 0 Å². The summed E-state index contributed by atoms with van der Waals surface area (Å²) in [6.07, 6.45) is 83.4. The first-order valence-corrected chi connectivity index (χ1v) is 30.0.